The number of hydrogen-bond acceptors (Lipinski definition) is 4. The van der Waals surface area contributed by atoms with Crippen molar-refractivity contribution in [3.8, 4) is 0 Å². The Bertz CT molecular complexity index is 529. The molecule has 1 atom stereocenters. The van der Waals surface area contributed by atoms with Crippen LogP contribution in [0.4, 0.5) is 0 Å². The first-order valence-electron chi connectivity index (χ1n) is 6.97. The zero-order valence-corrected chi connectivity index (χ0v) is 13.3. The Kier molecular flexibility index (Phi) is 5.38. The number of hydrogen-bond donors (Lipinski definition) is 1. The highest BCUT2D eigenvalue weighted by atomic mass is 32.1. The second-order valence-electron chi connectivity index (χ2n) is 5.19. The van der Waals surface area contributed by atoms with Crippen LogP contribution in [0.3, 0.4) is 0 Å². The van der Waals surface area contributed by atoms with E-state index in [1.165, 1.54) is 6.42 Å². The summed E-state index contributed by atoms with van der Waals surface area (Å²) in [6.45, 7) is 1.82. The van der Waals surface area contributed by atoms with E-state index in [0.717, 1.165) is 36.8 Å². The molecule has 0 aromatic carbocycles. The van der Waals surface area contributed by atoms with Gasteiger partial charge in [0.05, 0.1) is 5.92 Å². The van der Waals surface area contributed by atoms with Gasteiger partial charge in [0.25, 0.3) is 0 Å². The van der Waals surface area contributed by atoms with Crippen molar-refractivity contribution >= 4 is 34.2 Å². The van der Waals surface area contributed by atoms with Gasteiger partial charge < -0.3 is 5.11 Å². The summed E-state index contributed by atoms with van der Waals surface area (Å²) < 4.78 is 0. The molecule has 0 aliphatic heterocycles. The van der Waals surface area contributed by atoms with Crippen molar-refractivity contribution in [2.75, 3.05) is 0 Å². The first-order valence-corrected chi connectivity index (χ1v) is 7.78. The minimum absolute atomic E-state index is 0.315. The van der Waals surface area contributed by atoms with Gasteiger partial charge in [-0.05, 0) is 49.8 Å². The van der Waals surface area contributed by atoms with Gasteiger partial charge in [-0.3, -0.25) is 4.98 Å². The van der Waals surface area contributed by atoms with Gasteiger partial charge in [0.15, 0.2) is 0 Å². The van der Waals surface area contributed by atoms with E-state index >= 15 is 0 Å². The Labute approximate surface area is 130 Å². The molecular formula is C16H19NOS2. The molecule has 0 bridgehead atoms. The molecule has 0 amide bonds. The maximum absolute atomic E-state index is 10.7. The highest BCUT2D eigenvalue weighted by Crippen LogP contribution is 2.33. The molecule has 1 fully saturated rings. The van der Waals surface area contributed by atoms with E-state index in [0.29, 0.717) is 15.5 Å². The number of aliphatic hydroxyl groups excluding tert-OH is 1. The first-order chi connectivity index (χ1) is 9.61. The second-order valence-corrected chi connectivity index (χ2v) is 6.24. The number of thiocarbonyl (C=S) groups is 2. The van der Waals surface area contributed by atoms with Crippen molar-refractivity contribution < 1.29 is 5.11 Å². The fraction of sp³-hybridized carbons (Fsp3) is 0.438. The van der Waals surface area contributed by atoms with Crippen LogP contribution in [0.5, 0.6) is 0 Å². The van der Waals surface area contributed by atoms with Crippen LogP contribution in [0.1, 0.15) is 50.5 Å². The first kappa shape index (κ1) is 15.3. The van der Waals surface area contributed by atoms with Crippen molar-refractivity contribution in [2.24, 2.45) is 0 Å². The lowest BCUT2D eigenvalue weighted by Gasteiger charge is -2.23. The zero-order chi connectivity index (χ0) is 14.5. The van der Waals surface area contributed by atoms with E-state index in [1.807, 2.05) is 19.1 Å². The van der Waals surface area contributed by atoms with E-state index in [1.54, 1.807) is 12.4 Å². The smallest absolute Gasteiger partial charge is 0.104 e. The molecule has 1 aliphatic carbocycles. The molecule has 1 unspecified atom stereocenters. The summed E-state index contributed by atoms with van der Waals surface area (Å²) in [6.07, 6.45) is 8.92. The number of nitrogens with zero attached hydrogens (tertiary/aromatic N) is 1. The minimum atomic E-state index is -0.315. The standard InChI is InChI=1S/C16H19NOS2/c1-11(19)16(20)14(13-8-5-9-17-10-13)15(18)12-6-3-2-4-7-12/h5,8-10,14,18H,2-4,6-7H2,1H3. The van der Waals surface area contributed by atoms with E-state index in [9.17, 15) is 5.11 Å². The van der Waals surface area contributed by atoms with Gasteiger partial charge >= 0.3 is 0 Å². The van der Waals surface area contributed by atoms with Crippen molar-refractivity contribution in [1.29, 1.82) is 0 Å². The Morgan fingerprint density at radius 1 is 1.25 bits per heavy atom. The summed E-state index contributed by atoms with van der Waals surface area (Å²) in [5, 5.41) is 10.7. The van der Waals surface area contributed by atoms with E-state index in [-0.39, 0.29) is 5.92 Å². The molecule has 1 saturated carbocycles. The largest absolute Gasteiger partial charge is 0.511 e. The summed E-state index contributed by atoms with van der Waals surface area (Å²) in [5.74, 6) is 0.0798. The highest BCUT2D eigenvalue weighted by Gasteiger charge is 2.26. The monoisotopic (exact) mass is 305 g/mol. The molecule has 20 heavy (non-hydrogen) atoms. The summed E-state index contributed by atoms with van der Waals surface area (Å²) in [4.78, 5) is 5.43. The average molecular weight is 305 g/mol. The Morgan fingerprint density at radius 2 is 1.95 bits per heavy atom. The normalized spacial score (nSPS) is 16.6. The molecule has 1 aromatic rings. The summed E-state index contributed by atoms with van der Waals surface area (Å²) in [5.41, 5.74) is 2.04. The zero-order valence-electron chi connectivity index (χ0n) is 11.6. The van der Waals surface area contributed by atoms with Crippen LogP contribution in [-0.2, 0) is 0 Å². The van der Waals surface area contributed by atoms with Gasteiger partial charge in [-0.2, -0.15) is 0 Å². The SMILES string of the molecule is CC(=S)C(=S)C(C(O)=C1CCCCC1)c1cccnc1. The number of allylic oxidation sites excluding steroid dienone is 2. The quantitative estimate of drug-likeness (QED) is 0.645. The average Bonchev–Trinajstić information content (AvgIpc) is 2.49. The second kappa shape index (κ2) is 7.04. The van der Waals surface area contributed by atoms with E-state index in [2.05, 4.69) is 4.98 Å². The van der Waals surface area contributed by atoms with Crippen LogP contribution in [0.15, 0.2) is 35.9 Å². The lowest BCUT2D eigenvalue weighted by Crippen LogP contribution is -2.20. The lowest BCUT2D eigenvalue weighted by molar-refractivity contribution is 0.371. The lowest BCUT2D eigenvalue weighted by atomic mass is 9.86. The van der Waals surface area contributed by atoms with Crippen LogP contribution < -0.4 is 0 Å². The van der Waals surface area contributed by atoms with Crippen molar-refractivity contribution in [1.82, 2.24) is 4.98 Å². The molecule has 2 nitrogen and oxygen atoms in total. The van der Waals surface area contributed by atoms with Gasteiger partial charge in [0.2, 0.25) is 0 Å². The minimum Gasteiger partial charge on any atom is -0.511 e. The predicted octanol–water partition coefficient (Wildman–Crippen LogP) is 4.70. The summed E-state index contributed by atoms with van der Waals surface area (Å²) >= 11 is 10.7. The molecule has 0 spiro atoms. The van der Waals surface area contributed by atoms with E-state index < -0.39 is 0 Å². The molecule has 1 aliphatic rings. The molecule has 1 N–H and O–H groups in total. The number of aliphatic hydroxyl groups is 1. The molecule has 4 heteroatoms. The number of pyridine rings is 1. The molecule has 0 radical (unpaired) electrons. The van der Waals surface area contributed by atoms with Crippen molar-refractivity contribution in [2.45, 2.75) is 44.9 Å². The fourth-order valence-electron chi connectivity index (χ4n) is 2.62. The third-order valence-corrected chi connectivity index (χ3v) is 4.61. The van der Waals surface area contributed by atoms with Crippen molar-refractivity contribution in [3.05, 3.63) is 41.4 Å². The number of rotatable bonds is 4. The molecule has 106 valence electrons. The third-order valence-electron chi connectivity index (χ3n) is 3.72. The van der Waals surface area contributed by atoms with Gasteiger partial charge in [0.1, 0.15) is 5.76 Å². The Balaban J connectivity index is 2.41. The molecular weight excluding hydrogens is 286 g/mol. The summed E-state index contributed by atoms with van der Waals surface area (Å²) in [7, 11) is 0. The van der Waals surface area contributed by atoms with Gasteiger partial charge in [0, 0.05) is 22.1 Å². The van der Waals surface area contributed by atoms with Gasteiger partial charge in [-0.1, -0.05) is 36.9 Å². The van der Waals surface area contributed by atoms with E-state index in [4.69, 9.17) is 24.4 Å². The topological polar surface area (TPSA) is 33.1 Å². The van der Waals surface area contributed by atoms with Crippen LogP contribution in [0.25, 0.3) is 0 Å². The molecule has 1 heterocycles. The summed E-state index contributed by atoms with van der Waals surface area (Å²) in [6, 6.07) is 3.81. The Morgan fingerprint density at radius 3 is 2.50 bits per heavy atom. The van der Waals surface area contributed by atoms with Crippen LogP contribution >= 0.6 is 24.4 Å². The predicted molar refractivity (Wildman–Crippen MR) is 90.6 cm³/mol. The fourth-order valence-corrected chi connectivity index (χ4v) is 2.99. The highest BCUT2D eigenvalue weighted by molar-refractivity contribution is 7.89. The molecule has 0 saturated heterocycles. The third kappa shape index (κ3) is 3.49. The van der Waals surface area contributed by atoms with Gasteiger partial charge in [-0.15, -0.1) is 0 Å². The van der Waals surface area contributed by atoms with Crippen LogP contribution in [0.2, 0.25) is 0 Å². The number of aromatic nitrogens is 1. The molecule has 1 aromatic heterocycles. The maximum Gasteiger partial charge on any atom is 0.104 e. The van der Waals surface area contributed by atoms with Gasteiger partial charge in [-0.25, -0.2) is 0 Å². The van der Waals surface area contributed by atoms with Crippen molar-refractivity contribution in [3.63, 3.8) is 0 Å². The molecule has 2 rings (SSSR count). The van der Waals surface area contributed by atoms with Crippen LogP contribution in [-0.4, -0.2) is 19.8 Å². The maximum atomic E-state index is 10.7. The van der Waals surface area contributed by atoms with Crippen LogP contribution in [0, 0.1) is 0 Å². The Hall–Kier alpha value is -1.13.